The molecule has 0 aliphatic heterocycles. The van der Waals surface area contributed by atoms with Gasteiger partial charge in [-0.25, -0.2) is 0 Å². The first kappa shape index (κ1) is 26.3. The summed E-state index contributed by atoms with van der Waals surface area (Å²) in [4.78, 5) is 33.5. The van der Waals surface area contributed by atoms with E-state index >= 15 is 0 Å². The molecule has 0 fully saturated rings. The fourth-order valence-electron chi connectivity index (χ4n) is 4.48. The van der Waals surface area contributed by atoms with Crippen molar-refractivity contribution >= 4 is 11.4 Å². The highest BCUT2D eigenvalue weighted by Crippen LogP contribution is 2.25. The van der Waals surface area contributed by atoms with Crippen LogP contribution in [0.3, 0.4) is 0 Å². The van der Waals surface area contributed by atoms with Gasteiger partial charge in [-0.2, -0.15) is 0 Å². The van der Waals surface area contributed by atoms with Gasteiger partial charge in [0.05, 0.1) is 32.6 Å². The Morgan fingerprint density at radius 1 is 0.550 bits per heavy atom. The quantitative estimate of drug-likeness (QED) is 0.143. The number of non-ortho nitro benzene ring substituents is 2. The number of nitro groups is 2. The Hall–Kier alpha value is -5.28. The van der Waals surface area contributed by atoms with Crippen molar-refractivity contribution in [2.75, 3.05) is 0 Å². The number of hydrogen-bond acceptors (Lipinski definition) is 7. The van der Waals surface area contributed by atoms with Crippen LogP contribution in [0.1, 0.15) is 17.0 Å². The highest BCUT2D eigenvalue weighted by atomic mass is 16.6. The third-order valence-electron chi connectivity index (χ3n) is 6.34. The molecule has 3 aromatic carbocycles. The molecule has 198 valence electrons. The lowest BCUT2D eigenvalue weighted by atomic mass is 10.1. The molecular formula is C31H25N5O4. The van der Waals surface area contributed by atoms with Gasteiger partial charge < -0.3 is 0 Å². The molecule has 0 spiro atoms. The maximum atomic E-state index is 11.2. The molecule has 0 saturated heterocycles. The molecule has 0 saturated carbocycles. The van der Waals surface area contributed by atoms with Crippen LogP contribution in [0.15, 0.2) is 115 Å². The summed E-state index contributed by atoms with van der Waals surface area (Å²) in [5.41, 5.74) is 5.47. The third kappa shape index (κ3) is 6.58. The standard InChI is InChI=1S/C31H25N5O4/c37-35(38)28-14-4-10-24(18-28)30-16-6-12-26(32-30)21-34(20-23-8-2-1-3-9-23)22-27-13-7-17-31(33-27)25-11-5-15-29(19-25)36(39)40/h1-19H,20-22H2. The van der Waals surface area contributed by atoms with Crippen LogP contribution in [-0.4, -0.2) is 24.7 Å². The number of pyridine rings is 2. The van der Waals surface area contributed by atoms with E-state index in [-0.39, 0.29) is 11.4 Å². The molecule has 9 nitrogen and oxygen atoms in total. The van der Waals surface area contributed by atoms with Crippen LogP contribution in [-0.2, 0) is 19.6 Å². The Bertz CT molecular complexity index is 1560. The van der Waals surface area contributed by atoms with Crippen LogP contribution in [0, 0.1) is 20.2 Å². The zero-order chi connectivity index (χ0) is 27.9. The molecule has 2 heterocycles. The summed E-state index contributed by atoms with van der Waals surface area (Å²) in [7, 11) is 0. The van der Waals surface area contributed by atoms with E-state index < -0.39 is 9.85 Å². The molecule has 5 aromatic rings. The van der Waals surface area contributed by atoms with Crippen LogP contribution >= 0.6 is 0 Å². The highest BCUT2D eigenvalue weighted by Gasteiger charge is 2.14. The van der Waals surface area contributed by atoms with Crippen molar-refractivity contribution in [3.8, 4) is 22.5 Å². The normalized spacial score (nSPS) is 10.9. The van der Waals surface area contributed by atoms with Gasteiger partial charge in [-0.1, -0.05) is 66.7 Å². The number of aromatic nitrogens is 2. The smallest absolute Gasteiger partial charge is 0.270 e. The molecule has 0 atom stereocenters. The number of nitrogens with zero attached hydrogens (tertiary/aromatic N) is 5. The van der Waals surface area contributed by atoms with Gasteiger partial charge in [-0.05, 0) is 29.8 Å². The van der Waals surface area contributed by atoms with E-state index in [0.29, 0.717) is 42.1 Å². The number of nitro benzene ring substituents is 2. The molecule has 0 amide bonds. The fraction of sp³-hybridized carbons (Fsp3) is 0.0968. The first-order valence-corrected chi connectivity index (χ1v) is 12.6. The van der Waals surface area contributed by atoms with Gasteiger partial charge >= 0.3 is 0 Å². The maximum Gasteiger partial charge on any atom is 0.270 e. The second kappa shape index (κ2) is 12.1. The highest BCUT2D eigenvalue weighted by molar-refractivity contribution is 5.63. The van der Waals surface area contributed by atoms with Gasteiger partial charge in [-0.15, -0.1) is 0 Å². The van der Waals surface area contributed by atoms with Gasteiger partial charge in [0.15, 0.2) is 0 Å². The lowest BCUT2D eigenvalue weighted by Gasteiger charge is -2.22. The number of hydrogen-bond donors (Lipinski definition) is 0. The Morgan fingerprint density at radius 3 is 1.50 bits per heavy atom. The third-order valence-corrected chi connectivity index (χ3v) is 6.34. The molecule has 40 heavy (non-hydrogen) atoms. The SMILES string of the molecule is O=[N+]([O-])c1cccc(-c2cccc(CN(Cc3ccccc3)Cc3cccc(-c4cccc([N+](=O)[O-])c4)n3)n2)c1. The fourth-order valence-corrected chi connectivity index (χ4v) is 4.48. The molecule has 0 N–H and O–H groups in total. The lowest BCUT2D eigenvalue weighted by molar-refractivity contribution is -0.385. The molecule has 0 aliphatic carbocycles. The summed E-state index contributed by atoms with van der Waals surface area (Å²) < 4.78 is 0. The molecule has 0 bridgehead atoms. The van der Waals surface area contributed by atoms with E-state index in [1.165, 1.54) is 24.3 Å². The van der Waals surface area contributed by atoms with Crippen molar-refractivity contribution in [3.63, 3.8) is 0 Å². The minimum atomic E-state index is -0.413. The topological polar surface area (TPSA) is 115 Å². The average molecular weight is 532 g/mol. The van der Waals surface area contributed by atoms with Crippen molar-refractivity contribution in [2.45, 2.75) is 19.6 Å². The van der Waals surface area contributed by atoms with Crippen molar-refractivity contribution in [2.24, 2.45) is 0 Å². The Kier molecular flexibility index (Phi) is 7.94. The second-order valence-electron chi connectivity index (χ2n) is 9.27. The van der Waals surface area contributed by atoms with E-state index in [2.05, 4.69) is 17.0 Å². The Balaban J connectivity index is 1.42. The molecule has 0 unspecified atom stereocenters. The van der Waals surface area contributed by atoms with Crippen LogP contribution < -0.4 is 0 Å². The lowest BCUT2D eigenvalue weighted by Crippen LogP contribution is -2.23. The predicted molar refractivity (Wildman–Crippen MR) is 152 cm³/mol. The second-order valence-corrected chi connectivity index (χ2v) is 9.27. The maximum absolute atomic E-state index is 11.2. The zero-order valence-electron chi connectivity index (χ0n) is 21.5. The van der Waals surface area contributed by atoms with Crippen molar-refractivity contribution in [1.82, 2.24) is 14.9 Å². The minimum Gasteiger partial charge on any atom is -0.287 e. The number of rotatable bonds is 10. The van der Waals surface area contributed by atoms with Crippen LogP contribution in [0.4, 0.5) is 11.4 Å². The largest absolute Gasteiger partial charge is 0.287 e. The van der Waals surface area contributed by atoms with Gasteiger partial charge in [0.2, 0.25) is 0 Å². The van der Waals surface area contributed by atoms with Gasteiger partial charge in [0.1, 0.15) is 0 Å². The number of benzene rings is 3. The van der Waals surface area contributed by atoms with E-state index in [4.69, 9.17) is 9.97 Å². The minimum absolute atomic E-state index is 0.0186. The summed E-state index contributed by atoms with van der Waals surface area (Å²) in [6.07, 6.45) is 0. The molecular weight excluding hydrogens is 506 g/mol. The van der Waals surface area contributed by atoms with Crippen LogP contribution in [0.25, 0.3) is 22.5 Å². The van der Waals surface area contributed by atoms with Gasteiger partial charge in [0.25, 0.3) is 11.4 Å². The average Bonchev–Trinajstić information content (AvgIpc) is 2.98. The van der Waals surface area contributed by atoms with E-state index in [1.54, 1.807) is 12.1 Å². The van der Waals surface area contributed by atoms with Crippen molar-refractivity contribution in [1.29, 1.82) is 0 Å². The van der Waals surface area contributed by atoms with Crippen molar-refractivity contribution < 1.29 is 9.85 Å². The van der Waals surface area contributed by atoms with Crippen LogP contribution in [0.5, 0.6) is 0 Å². The Labute approximate surface area is 230 Å². The monoisotopic (exact) mass is 531 g/mol. The first-order valence-electron chi connectivity index (χ1n) is 12.6. The predicted octanol–water partition coefficient (Wildman–Crippen LogP) is 6.83. The first-order chi connectivity index (χ1) is 19.4. The van der Waals surface area contributed by atoms with E-state index in [1.807, 2.05) is 66.7 Å². The van der Waals surface area contributed by atoms with E-state index in [9.17, 15) is 20.2 Å². The molecule has 0 aliphatic rings. The molecule has 0 radical (unpaired) electrons. The summed E-state index contributed by atoms with van der Waals surface area (Å²) in [6.45, 7) is 1.67. The van der Waals surface area contributed by atoms with Gasteiger partial charge in [-0.3, -0.25) is 35.1 Å². The van der Waals surface area contributed by atoms with Crippen molar-refractivity contribution in [3.05, 3.63) is 152 Å². The van der Waals surface area contributed by atoms with Crippen LogP contribution in [0.2, 0.25) is 0 Å². The van der Waals surface area contributed by atoms with Gasteiger partial charge in [0, 0.05) is 55.0 Å². The Morgan fingerprint density at radius 2 is 1.02 bits per heavy atom. The summed E-state index contributed by atoms with van der Waals surface area (Å²) in [5.74, 6) is 0. The summed E-state index contributed by atoms with van der Waals surface area (Å²) in [6, 6.07) is 34.4. The molecule has 2 aromatic heterocycles. The summed E-state index contributed by atoms with van der Waals surface area (Å²) >= 11 is 0. The van der Waals surface area contributed by atoms with E-state index in [0.717, 1.165) is 17.0 Å². The zero-order valence-corrected chi connectivity index (χ0v) is 21.5. The molecule has 9 heteroatoms. The summed E-state index contributed by atoms with van der Waals surface area (Å²) in [5, 5.41) is 22.5. The molecule has 5 rings (SSSR count).